The summed E-state index contributed by atoms with van der Waals surface area (Å²) < 4.78 is 0. The van der Waals surface area contributed by atoms with Gasteiger partial charge in [-0.3, -0.25) is 9.89 Å². The van der Waals surface area contributed by atoms with Crippen LogP contribution >= 0.6 is 0 Å². The van der Waals surface area contributed by atoms with Gasteiger partial charge in [-0.05, 0) is 63.9 Å². The Labute approximate surface area is 154 Å². The predicted octanol–water partition coefficient (Wildman–Crippen LogP) is 2.27. The number of carbonyl (C=O) groups excluding carboxylic acids is 1. The molecule has 26 heavy (non-hydrogen) atoms. The highest BCUT2D eigenvalue weighted by molar-refractivity contribution is 5.95. The third-order valence-electron chi connectivity index (χ3n) is 4.96. The monoisotopic (exact) mass is 356 g/mol. The van der Waals surface area contributed by atoms with Crippen LogP contribution in [-0.2, 0) is 0 Å². The van der Waals surface area contributed by atoms with Crippen molar-refractivity contribution in [1.82, 2.24) is 20.4 Å². The average Bonchev–Trinajstić information content (AvgIpc) is 2.97. The molecule has 1 aliphatic heterocycles. The zero-order valence-electron chi connectivity index (χ0n) is 15.6. The van der Waals surface area contributed by atoms with Crippen molar-refractivity contribution in [3.8, 4) is 11.1 Å². The van der Waals surface area contributed by atoms with Crippen LogP contribution in [0.2, 0.25) is 0 Å². The number of likely N-dealkylation sites (tertiary alicyclic amines) is 1. The first-order valence-electron chi connectivity index (χ1n) is 9.35. The molecule has 0 aliphatic carbocycles. The first-order valence-corrected chi connectivity index (χ1v) is 9.35. The summed E-state index contributed by atoms with van der Waals surface area (Å²) in [5.74, 6) is -0.0515. The van der Waals surface area contributed by atoms with E-state index < -0.39 is 0 Å². The van der Waals surface area contributed by atoms with Crippen molar-refractivity contribution in [1.29, 1.82) is 0 Å². The molecule has 1 aromatic heterocycles. The summed E-state index contributed by atoms with van der Waals surface area (Å²) in [6, 6.07) is 7.67. The lowest BCUT2D eigenvalue weighted by molar-refractivity contribution is 0.0697. The van der Waals surface area contributed by atoms with E-state index in [1.165, 1.54) is 0 Å². The summed E-state index contributed by atoms with van der Waals surface area (Å²) in [5, 5.41) is 19.9. The van der Waals surface area contributed by atoms with Crippen LogP contribution in [0.4, 0.5) is 0 Å². The first kappa shape index (κ1) is 18.6. The maximum atomic E-state index is 12.5. The molecule has 1 unspecified atom stereocenters. The predicted molar refractivity (Wildman–Crippen MR) is 102 cm³/mol. The number of hydrogen-bond donors (Lipinski definition) is 3. The number of aliphatic hydroxyl groups is 1. The lowest BCUT2D eigenvalue weighted by Gasteiger charge is -2.29. The van der Waals surface area contributed by atoms with Crippen molar-refractivity contribution in [2.45, 2.75) is 39.2 Å². The standard InChI is InChI=1S/C20H28N4O2/c1-14-19(15(2)23-22-14)16-6-3-7-17(12-16)20(26)21-9-5-11-24-10-4-8-18(25)13-24/h3,6-7,12,18,25H,4-5,8-11,13H2,1-2H3,(H,21,26)(H,22,23). The molecular formula is C20H28N4O2. The van der Waals surface area contributed by atoms with Gasteiger partial charge in [0.05, 0.1) is 11.8 Å². The highest BCUT2D eigenvalue weighted by atomic mass is 16.3. The quantitative estimate of drug-likeness (QED) is 0.694. The largest absolute Gasteiger partial charge is 0.392 e. The Morgan fingerprint density at radius 3 is 3.00 bits per heavy atom. The fourth-order valence-corrected chi connectivity index (χ4v) is 3.63. The second-order valence-electron chi connectivity index (χ2n) is 7.10. The second-order valence-corrected chi connectivity index (χ2v) is 7.10. The summed E-state index contributed by atoms with van der Waals surface area (Å²) in [5.41, 5.74) is 4.66. The van der Waals surface area contributed by atoms with Crippen LogP contribution in [-0.4, -0.2) is 58.4 Å². The summed E-state index contributed by atoms with van der Waals surface area (Å²) in [6.45, 7) is 7.28. The number of aromatic amines is 1. The zero-order valence-corrected chi connectivity index (χ0v) is 15.6. The molecule has 3 rings (SSSR count). The molecule has 1 atom stereocenters. The molecule has 0 radical (unpaired) electrons. The molecule has 0 bridgehead atoms. The van der Waals surface area contributed by atoms with Gasteiger partial charge in [0.15, 0.2) is 0 Å². The number of benzene rings is 1. The van der Waals surface area contributed by atoms with Gasteiger partial charge in [0.1, 0.15) is 0 Å². The Morgan fingerprint density at radius 1 is 1.42 bits per heavy atom. The van der Waals surface area contributed by atoms with E-state index in [4.69, 9.17) is 0 Å². The molecule has 140 valence electrons. The maximum Gasteiger partial charge on any atom is 0.251 e. The van der Waals surface area contributed by atoms with Crippen LogP contribution in [0.25, 0.3) is 11.1 Å². The van der Waals surface area contributed by atoms with Gasteiger partial charge in [-0.25, -0.2) is 0 Å². The molecular weight excluding hydrogens is 328 g/mol. The lowest BCUT2D eigenvalue weighted by Crippen LogP contribution is -2.39. The summed E-state index contributed by atoms with van der Waals surface area (Å²) in [6.07, 6.45) is 2.64. The number of aromatic nitrogens is 2. The molecule has 0 spiro atoms. The number of carbonyl (C=O) groups is 1. The third kappa shape index (κ3) is 4.51. The van der Waals surface area contributed by atoms with Gasteiger partial charge in [0.2, 0.25) is 0 Å². The second kappa shape index (κ2) is 8.47. The smallest absolute Gasteiger partial charge is 0.251 e. The van der Waals surface area contributed by atoms with E-state index in [0.29, 0.717) is 12.1 Å². The summed E-state index contributed by atoms with van der Waals surface area (Å²) in [4.78, 5) is 14.7. The van der Waals surface area contributed by atoms with Crippen LogP contribution in [0, 0.1) is 13.8 Å². The van der Waals surface area contributed by atoms with Crippen LogP contribution in [0.15, 0.2) is 24.3 Å². The Balaban J connectivity index is 1.53. The number of aliphatic hydroxyl groups excluding tert-OH is 1. The first-order chi connectivity index (χ1) is 12.5. The number of aryl methyl sites for hydroxylation is 2. The Bertz CT molecular complexity index is 737. The van der Waals surface area contributed by atoms with E-state index in [9.17, 15) is 9.90 Å². The van der Waals surface area contributed by atoms with Crippen molar-refractivity contribution < 1.29 is 9.90 Å². The van der Waals surface area contributed by atoms with E-state index in [0.717, 1.165) is 61.4 Å². The summed E-state index contributed by atoms with van der Waals surface area (Å²) in [7, 11) is 0. The Morgan fingerprint density at radius 2 is 2.27 bits per heavy atom. The molecule has 2 heterocycles. The molecule has 6 heteroatoms. The fourth-order valence-electron chi connectivity index (χ4n) is 3.63. The number of nitrogens with zero attached hydrogens (tertiary/aromatic N) is 2. The lowest BCUT2D eigenvalue weighted by atomic mass is 10.0. The molecule has 0 saturated carbocycles. The molecule has 1 aromatic carbocycles. The van der Waals surface area contributed by atoms with Crippen LogP contribution in [0.5, 0.6) is 0 Å². The highest BCUT2D eigenvalue weighted by Gasteiger charge is 2.17. The van der Waals surface area contributed by atoms with E-state index >= 15 is 0 Å². The summed E-state index contributed by atoms with van der Waals surface area (Å²) >= 11 is 0. The van der Waals surface area contributed by atoms with E-state index in [2.05, 4.69) is 20.4 Å². The van der Waals surface area contributed by atoms with Gasteiger partial charge in [0.25, 0.3) is 5.91 Å². The normalized spacial score (nSPS) is 18.0. The fraction of sp³-hybridized carbons (Fsp3) is 0.500. The molecule has 6 nitrogen and oxygen atoms in total. The minimum atomic E-state index is -0.198. The van der Waals surface area contributed by atoms with Crippen molar-refractivity contribution in [2.75, 3.05) is 26.2 Å². The Kier molecular flexibility index (Phi) is 6.06. The minimum Gasteiger partial charge on any atom is -0.392 e. The number of nitrogens with one attached hydrogen (secondary N) is 2. The molecule has 2 aromatic rings. The van der Waals surface area contributed by atoms with Crippen molar-refractivity contribution in [3.05, 3.63) is 41.2 Å². The topological polar surface area (TPSA) is 81.2 Å². The van der Waals surface area contributed by atoms with Gasteiger partial charge in [-0.1, -0.05) is 12.1 Å². The molecule has 1 aliphatic rings. The number of piperidine rings is 1. The van der Waals surface area contributed by atoms with Gasteiger partial charge >= 0.3 is 0 Å². The number of β-amino-alcohol motifs (C(OH)–C–C–N with tert-alkyl or cyclic N) is 1. The van der Waals surface area contributed by atoms with E-state index in [1.54, 1.807) is 0 Å². The van der Waals surface area contributed by atoms with Crippen LogP contribution in [0.3, 0.4) is 0 Å². The van der Waals surface area contributed by atoms with Crippen LogP contribution < -0.4 is 5.32 Å². The highest BCUT2D eigenvalue weighted by Crippen LogP contribution is 2.25. The number of H-pyrrole nitrogens is 1. The van der Waals surface area contributed by atoms with Gasteiger partial charge < -0.3 is 15.3 Å². The number of amides is 1. The molecule has 1 fully saturated rings. The van der Waals surface area contributed by atoms with Gasteiger partial charge in [-0.2, -0.15) is 5.10 Å². The zero-order chi connectivity index (χ0) is 18.5. The Hall–Kier alpha value is -2.18. The van der Waals surface area contributed by atoms with Gasteiger partial charge in [-0.15, -0.1) is 0 Å². The van der Waals surface area contributed by atoms with Crippen molar-refractivity contribution in [3.63, 3.8) is 0 Å². The average molecular weight is 356 g/mol. The minimum absolute atomic E-state index is 0.0515. The number of hydrogen-bond acceptors (Lipinski definition) is 4. The van der Waals surface area contributed by atoms with Crippen LogP contribution in [0.1, 0.15) is 41.0 Å². The molecule has 1 saturated heterocycles. The van der Waals surface area contributed by atoms with Crippen molar-refractivity contribution in [2.24, 2.45) is 0 Å². The van der Waals surface area contributed by atoms with Gasteiger partial charge in [0, 0.05) is 29.9 Å². The number of rotatable bonds is 6. The van der Waals surface area contributed by atoms with E-state index in [-0.39, 0.29) is 12.0 Å². The van der Waals surface area contributed by atoms with E-state index in [1.807, 2.05) is 38.1 Å². The van der Waals surface area contributed by atoms with Crippen molar-refractivity contribution >= 4 is 5.91 Å². The maximum absolute atomic E-state index is 12.5. The molecule has 1 amide bonds. The SMILES string of the molecule is Cc1n[nH]c(C)c1-c1cccc(C(=O)NCCCN2CCCC(O)C2)c1. The molecule has 3 N–H and O–H groups in total. The third-order valence-corrected chi connectivity index (χ3v) is 4.96.